The van der Waals surface area contributed by atoms with Crippen molar-refractivity contribution in [2.75, 3.05) is 85.1 Å². The third-order valence-electron chi connectivity index (χ3n) is 9.26. The molecule has 274 valence electrons. The summed E-state index contributed by atoms with van der Waals surface area (Å²) in [6, 6.07) is -1.94. The second-order valence-corrected chi connectivity index (χ2v) is 13.7. The molecule has 18 nitrogen and oxygen atoms in total. The molecular weight excluding hydrogens is 645 g/mol. The summed E-state index contributed by atoms with van der Waals surface area (Å²) in [6.07, 6.45) is -0.0743. The number of carbonyl (C=O) groups is 6. The molecule has 0 aliphatic carbocycles. The van der Waals surface area contributed by atoms with Gasteiger partial charge in [0.15, 0.2) is 0 Å². The van der Waals surface area contributed by atoms with E-state index in [9.17, 15) is 43.9 Å². The first-order chi connectivity index (χ1) is 23.2. The number of morpholine rings is 2. The number of carboxylic acid groups (broad SMARTS) is 1. The van der Waals surface area contributed by atoms with Gasteiger partial charge in [-0.25, -0.2) is 0 Å². The maximum atomic E-state index is 13.5. The number of nitrogens with one attached hydrogen (secondary N) is 2. The SMILES string of the molecule is CC(C)[C@H](NC(=O)CN1CCN2CC(=O)OC(CN(CC(=O)O)CCN3CC(=O)OC(C1)C3)C2)C(=O)N[C@H](C)C(=O)N1CCC[C@H]1B(O)O. The zero-order valence-electron chi connectivity index (χ0n) is 28.5. The van der Waals surface area contributed by atoms with E-state index >= 15 is 0 Å². The smallest absolute Gasteiger partial charge is 0.475 e. The highest BCUT2D eigenvalue weighted by molar-refractivity contribution is 6.43. The Hall–Kier alpha value is -3.36. The molecule has 4 bridgehead atoms. The number of ether oxygens (including phenoxy) is 2. The zero-order valence-corrected chi connectivity index (χ0v) is 28.5. The van der Waals surface area contributed by atoms with Crippen LogP contribution in [0.25, 0.3) is 0 Å². The average molecular weight is 696 g/mol. The van der Waals surface area contributed by atoms with E-state index in [-0.39, 0.29) is 45.2 Å². The lowest BCUT2D eigenvalue weighted by molar-refractivity contribution is -0.164. The first-order valence-corrected chi connectivity index (χ1v) is 16.9. The number of fused-ring (bicyclic) bond motifs is 4. The van der Waals surface area contributed by atoms with Crippen molar-refractivity contribution in [2.45, 2.75) is 63.8 Å². The Morgan fingerprint density at radius 2 is 1.37 bits per heavy atom. The molecule has 0 aromatic heterocycles. The molecule has 5 N–H and O–H groups in total. The van der Waals surface area contributed by atoms with Crippen molar-refractivity contribution in [3.8, 4) is 0 Å². The molecule has 49 heavy (non-hydrogen) atoms. The monoisotopic (exact) mass is 695 g/mol. The summed E-state index contributed by atoms with van der Waals surface area (Å²) < 4.78 is 11.2. The van der Waals surface area contributed by atoms with E-state index in [1.165, 1.54) is 11.8 Å². The van der Waals surface area contributed by atoms with Crippen LogP contribution in [0, 0.1) is 5.92 Å². The molecule has 0 radical (unpaired) electrons. The molecule has 4 unspecified atom stereocenters. The Kier molecular flexibility index (Phi) is 13.8. The molecule has 4 heterocycles. The first-order valence-electron chi connectivity index (χ1n) is 16.9. The Morgan fingerprint density at radius 1 is 0.816 bits per heavy atom. The summed E-state index contributed by atoms with van der Waals surface area (Å²) in [5.41, 5.74) is 0. The van der Waals surface area contributed by atoms with Crippen molar-refractivity contribution in [3.63, 3.8) is 0 Å². The van der Waals surface area contributed by atoms with E-state index in [4.69, 9.17) is 9.47 Å². The Balaban J connectivity index is 1.42. The molecule has 0 aromatic carbocycles. The fourth-order valence-corrected chi connectivity index (χ4v) is 6.87. The van der Waals surface area contributed by atoms with Gasteiger partial charge in [0.05, 0.1) is 32.1 Å². The van der Waals surface area contributed by atoms with Crippen LogP contribution < -0.4 is 10.6 Å². The molecule has 0 spiro atoms. The van der Waals surface area contributed by atoms with Gasteiger partial charge >= 0.3 is 25.0 Å². The third-order valence-corrected chi connectivity index (χ3v) is 9.26. The zero-order chi connectivity index (χ0) is 35.8. The van der Waals surface area contributed by atoms with E-state index in [1.807, 2.05) is 14.7 Å². The molecule has 3 amide bonds. The first kappa shape index (κ1) is 38.4. The molecule has 0 aromatic rings. The maximum Gasteiger partial charge on any atom is 0.475 e. The fourth-order valence-electron chi connectivity index (χ4n) is 6.87. The molecule has 4 aliphatic heterocycles. The molecule has 4 fully saturated rings. The number of nitrogens with zero attached hydrogens (tertiary/aromatic N) is 5. The number of carbonyl (C=O) groups excluding carboxylic acids is 5. The van der Waals surface area contributed by atoms with Crippen LogP contribution in [0.2, 0.25) is 0 Å². The number of likely N-dealkylation sites (tertiary alicyclic amines) is 1. The number of esters is 2. The van der Waals surface area contributed by atoms with E-state index < -0.39 is 73.0 Å². The van der Waals surface area contributed by atoms with Crippen molar-refractivity contribution in [1.82, 2.24) is 35.1 Å². The van der Waals surface area contributed by atoms with Crippen LogP contribution in [0.3, 0.4) is 0 Å². The number of aliphatic carboxylic acids is 1. The Bertz CT molecular complexity index is 1230. The fraction of sp³-hybridized carbons (Fsp3) is 0.800. The van der Waals surface area contributed by atoms with E-state index in [2.05, 4.69) is 10.6 Å². The van der Waals surface area contributed by atoms with Crippen molar-refractivity contribution in [1.29, 1.82) is 0 Å². The second-order valence-electron chi connectivity index (χ2n) is 13.7. The van der Waals surface area contributed by atoms with Gasteiger partial charge in [-0.05, 0) is 25.7 Å². The summed E-state index contributed by atoms with van der Waals surface area (Å²) in [5, 5.41) is 34.2. The summed E-state index contributed by atoms with van der Waals surface area (Å²) in [5.74, 6) is -4.42. The van der Waals surface area contributed by atoms with Gasteiger partial charge < -0.3 is 40.2 Å². The van der Waals surface area contributed by atoms with E-state index in [0.29, 0.717) is 58.7 Å². The van der Waals surface area contributed by atoms with Gasteiger partial charge in [0, 0.05) is 58.9 Å². The second kappa shape index (κ2) is 17.5. The van der Waals surface area contributed by atoms with Gasteiger partial charge in [0.25, 0.3) is 0 Å². The molecule has 4 saturated heterocycles. The number of carboxylic acids is 1. The van der Waals surface area contributed by atoms with Gasteiger partial charge in [-0.3, -0.25) is 48.4 Å². The minimum Gasteiger partial charge on any atom is -0.480 e. The highest BCUT2D eigenvalue weighted by Crippen LogP contribution is 2.19. The predicted octanol–water partition coefficient (Wildman–Crippen LogP) is -4.21. The van der Waals surface area contributed by atoms with Crippen LogP contribution in [0.15, 0.2) is 0 Å². The maximum absolute atomic E-state index is 13.5. The Morgan fingerprint density at radius 3 is 1.88 bits per heavy atom. The third kappa shape index (κ3) is 11.3. The molecule has 0 saturated carbocycles. The normalized spacial score (nSPS) is 28.4. The summed E-state index contributed by atoms with van der Waals surface area (Å²) >= 11 is 0. The van der Waals surface area contributed by atoms with Crippen LogP contribution in [-0.2, 0) is 38.2 Å². The number of amides is 3. The molecular formula is C30H50BN7O11. The van der Waals surface area contributed by atoms with Crippen LogP contribution in [0.1, 0.15) is 33.6 Å². The molecule has 4 rings (SSSR count). The van der Waals surface area contributed by atoms with Gasteiger partial charge in [-0.2, -0.15) is 0 Å². The lowest BCUT2D eigenvalue weighted by Crippen LogP contribution is -2.58. The minimum absolute atomic E-state index is 0.0313. The van der Waals surface area contributed by atoms with Gasteiger partial charge in [-0.1, -0.05) is 13.8 Å². The lowest BCUT2D eigenvalue weighted by atomic mass is 9.78. The van der Waals surface area contributed by atoms with Crippen molar-refractivity contribution >= 4 is 42.7 Å². The Labute approximate surface area is 286 Å². The van der Waals surface area contributed by atoms with Crippen molar-refractivity contribution in [3.05, 3.63) is 0 Å². The van der Waals surface area contributed by atoms with Crippen LogP contribution in [0.5, 0.6) is 0 Å². The minimum atomic E-state index is -1.68. The lowest BCUT2D eigenvalue weighted by Gasteiger charge is -2.39. The standard InChI is InChI=1S/C30H50BN7O11/c1-19(2)28(29(44)32-20(3)30(45)38-6-4-5-23(38)31(46)47)33-24(39)15-34-7-9-36-14-22(49-27(43)17-36)12-35(16-25(40)41)8-10-37-13-21(11-34)48-26(42)18-37/h19-23,28,46-47H,4-18H2,1-3H3,(H,32,44)(H,33,39)(H,40,41)/t20-,21?,22?,23+,28+/m1/s1. The predicted molar refractivity (Wildman–Crippen MR) is 172 cm³/mol. The largest absolute Gasteiger partial charge is 0.480 e. The van der Waals surface area contributed by atoms with Crippen molar-refractivity contribution < 1.29 is 53.4 Å². The molecule has 19 heteroatoms. The van der Waals surface area contributed by atoms with Crippen LogP contribution in [0.4, 0.5) is 0 Å². The van der Waals surface area contributed by atoms with Crippen LogP contribution >= 0.6 is 0 Å². The topological polar surface area (TPSA) is 222 Å². The molecule has 4 aliphatic rings. The highest BCUT2D eigenvalue weighted by atomic mass is 16.6. The van der Waals surface area contributed by atoms with Gasteiger partial charge in [0.1, 0.15) is 24.3 Å². The summed E-state index contributed by atoms with van der Waals surface area (Å²) in [4.78, 5) is 85.0. The number of hydrogen-bond donors (Lipinski definition) is 5. The van der Waals surface area contributed by atoms with Crippen molar-refractivity contribution in [2.24, 2.45) is 5.92 Å². The number of rotatable bonds is 10. The van der Waals surface area contributed by atoms with E-state index in [0.717, 1.165) is 0 Å². The highest BCUT2D eigenvalue weighted by Gasteiger charge is 2.39. The summed E-state index contributed by atoms with van der Waals surface area (Å²) in [6.45, 7) is 7.64. The van der Waals surface area contributed by atoms with Gasteiger partial charge in [-0.15, -0.1) is 0 Å². The molecule has 7 atom stereocenters. The number of hydrogen-bond acceptors (Lipinski definition) is 14. The average Bonchev–Trinajstić information content (AvgIpc) is 3.50. The van der Waals surface area contributed by atoms with Crippen LogP contribution in [-0.4, -0.2) is 198 Å². The summed E-state index contributed by atoms with van der Waals surface area (Å²) in [7, 11) is -1.68. The quantitative estimate of drug-likeness (QED) is 0.108. The van der Waals surface area contributed by atoms with E-state index in [1.54, 1.807) is 18.7 Å². The van der Waals surface area contributed by atoms with Gasteiger partial charge in [0.2, 0.25) is 17.7 Å².